The minimum atomic E-state index is -0.0201. The Balaban J connectivity index is 1.93. The quantitative estimate of drug-likeness (QED) is 0.852. The van der Waals surface area contributed by atoms with Crippen molar-refractivity contribution < 1.29 is 4.79 Å². The Labute approximate surface area is 103 Å². The second-order valence-electron chi connectivity index (χ2n) is 4.99. The van der Waals surface area contributed by atoms with Crippen molar-refractivity contribution in [3.05, 3.63) is 29.8 Å². The molecule has 1 N–H and O–H groups in total. The number of amides is 2. The first-order valence-corrected chi connectivity index (χ1v) is 6.18. The fraction of sp³-hybridized carbons (Fsp3) is 0.500. The molecule has 0 aromatic heterocycles. The van der Waals surface area contributed by atoms with Gasteiger partial charge in [0.25, 0.3) is 0 Å². The second-order valence-corrected chi connectivity index (χ2v) is 4.99. The van der Waals surface area contributed by atoms with Crippen LogP contribution < -0.4 is 5.32 Å². The zero-order valence-electron chi connectivity index (χ0n) is 10.7. The molecule has 1 aliphatic carbocycles. The molecule has 0 spiro atoms. The molecule has 1 aliphatic rings. The van der Waals surface area contributed by atoms with Gasteiger partial charge >= 0.3 is 6.03 Å². The number of hydrogen-bond donors (Lipinski definition) is 1. The molecule has 1 saturated carbocycles. The summed E-state index contributed by atoms with van der Waals surface area (Å²) in [5.41, 5.74) is 2.05. The summed E-state index contributed by atoms with van der Waals surface area (Å²) in [5.74, 6) is 0.698. The Morgan fingerprint density at radius 2 is 1.94 bits per heavy atom. The standard InChI is InChI=1S/C14H20N2O/c1-10-4-8-13(9-5-10)15-14(17)16(3)11(2)12-6-7-12/h4-5,8-9,11-12H,6-7H2,1-3H3,(H,15,17). The van der Waals surface area contributed by atoms with Gasteiger partial charge in [-0.1, -0.05) is 17.7 Å². The molecule has 0 heterocycles. The lowest BCUT2D eigenvalue weighted by molar-refractivity contribution is 0.201. The maximum atomic E-state index is 12.0. The van der Waals surface area contributed by atoms with Gasteiger partial charge in [-0.3, -0.25) is 0 Å². The number of urea groups is 1. The number of nitrogens with zero attached hydrogens (tertiary/aromatic N) is 1. The van der Waals surface area contributed by atoms with E-state index in [4.69, 9.17) is 0 Å². The number of carbonyl (C=O) groups excluding carboxylic acids is 1. The van der Waals surface area contributed by atoms with Crippen molar-refractivity contribution >= 4 is 11.7 Å². The van der Waals surface area contributed by atoms with Crippen LogP contribution in [0.4, 0.5) is 10.5 Å². The second kappa shape index (κ2) is 4.78. The Morgan fingerprint density at radius 1 is 1.35 bits per heavy atom. The van der Waals surface area contributed by atoms with Gasteiger partial charge in [0.2, 0.25) is 0 Å². The molecule has 1 aromatic carbocycles. The minimum absolute atomic E-state index is 0.0201. The summed E-state index contributed by atoms with van der Waals surface area (Å²) in [7, 11) is 1.87. The molecule has 2 amide bonds. The first-order valence-electron chi connectivity index (χ1n) is 6.18. The van der Waals surface area contributed by atoms with Crippen LogP contribution in [0.2, 0.25) is 0 Å². The van der Waals surface area contributed by atoms with E-state index in [0.717, 1.165) is 5.69 Å². The van der Waals surface area contributed by atoms with Crippen LogP contribution in [0.25, 0.3) is 0 Å². The molecule has 0 bridgehead atoms. The van der Waals surface area contributed by atoms with Crippen LogP contribution >= 0.6 is 0 Å². The topological polar surface area (TPSA) is 32.3 Å². The molecule has 3 heteroatoms. The van der Waals surface area contributed by atoms with E-state index < -0.39 is 0 Å². The lowest BCUT2D eigenvalue weighted by Gasteiger charge is -2.25. The van der Waals surface area contributed by atoms with Crippen molar-refractivity contribution in [2.45, 2.75) is 32.7 Å². The normalized spacial score (nSPS) is 16.4. The van der Waals surface area contributed by atoms with Crippen LogP contribution in [0, 0.1) is 12.8 Å². The highest BCUT2D eigenvalue weighted by molar-refractivity contribution is 5.89. The number of rotatable bonds is 3. The highest BCUT2D eigenvalue weighted by atomic mass is 16.2. The highest BCUT2D eigenvalue weighted by Gasteiger charge is 2.32. The van der Waals surface area contributed by atoms with Crippen LogP contribution in [0.3, 0.4) is 0 Å². The van der Waals surface area contributed by atoms with Gasteiger partial charge in [-0.05, 0) is 44.7 Å². The van der Waals surface area contributed by atoms with Crippen molar-refractivity contribution in [1.29, 1.82) is 0 Å². The van der Waals surface area contributed by atoms with Gasteiger partial charge in [0, 0.05) is 18.8 Å². The third-order valence-corrected chi connectivity index (χ3v) is 3.54. The van der Waals surface area contributed by atoms with E-state index in [1.807, 2.05) is 38.2 Å². The van der Waals surface area contributed by atoms with E-state index in [0.29, 0.717) is 12.0 Å². The van der Waals surface area contributed by atoms with Crippen LogP contribution in [0.5, 0.6) is 0 Å². The molecule has 1 fully saturated rings. The van der Waals surface area contributed by atoms with Gasteiger partial charge in [-0.2, -0.15) is 0 Å². The molecule has 17 heavy (non-hydrogen) atoms. The van der Waals surface area contributed by atoms with Crippen molar-refractivity contribution in [3.8, 4) is 0 Å². The first-order chi connectivity index (χ1) is 8.08. The van der Waals surface area contributed by atoms with Gasteiger partial charge in [0.15, 0.2) is 0 Å². The predicted octanol–water partition coefficient (Wildman–Crippen LogP) is 3.26. The SMILES string of the molecule is Cc1ccc(NC(=O)N(C)C(C)C2CC2)cc1. The summed E-state index contributed by atoms with van der Waals surface area (Å²) in [5, 5.41) is 2.92. The van der Waals surface area contributed by atoms with Gasteiger partial charge in [0.05, 0.1) is 0 Å². The summed E-state index contributed by atoms with van der Waals surface area (Å²) in [6.45, 7) is 4.15. The molecule has 1 aromatic rings. The number of nitrogens with one attached hydrogen (secondary N) is 1. The highest BCUT2D eigenvalue weighted by Crippen LogP contribution is 2.34. The first kappa shape index (κ1) is 12.0. The molecule has 0 saturated heterocycles. The smallest absolute Gasteiger partial charge is 0.321 e. The van der Waals surface area contributed by atoms with E-state index in [1.165, 1.54) is 18.4 Å². The maximum Gasteiger partial charge on any atom is 0.321 e. The van der Waals surface area contributed by atoms with Gasteiger partial charge < -0.3 is 10.2 Å². The molecule has 0 aliphatic heterocycles. The van der Waals surface area contributed by atoms with Crippen LogP contribution in [-0.4, -0.2) is 24.0 Å². The zero-order chi connectivity index (χ0) is 12.4. The molecular formula is C14H20N2O. The van der Waals surface area contributed by atoms with E-state index in [1.54, 1.807) is 4.90 Å². The van der Waals surface area contributed by atoms with Crippen molar-refractivity contribution in [2.75, 3.05) is 12.4 Å². The Kier molecular flexibility index (Phi) is 3.36. The maximum absolute atomic E-state index is 12.0. The Morgan fingerprint density at radius 3 is 2.47 bits per heavy atom. The van der Waals surface area contributed by atoms with Gasteiger partial charge in [0.1, 0.15) is 0 Å². The molecule has 92 valence electrons. The van der Waals surface area contributed by atoms with Crippen LogP contribution in [0.15, 0.2) is 24.3 Å². The van der Waals surface area contributed by atoms with E-state index >= 15 is 0 Å². The summed E-state index contributed by atoms with van der Waals surface area (Å²) < 4.78 is 0. The third kappa shape index (κ3) is 2.99. The van der Waals surface area contributed by atoms with Crippen molar-refractivity contribution in [3.63, 3.8) is 0 Å². The zero-order valence-corrected chi connectivity index (χ0v) is 10.7. The van der Waals surface area contributed by atoms with E-state index in [-0.39, 0.29) is 6.03 Å². The van der Waals surface area contributed by atoms with Crippen molar-refractivity contribution in [1.82, 2.24) is 4.90 Å². The van der Waals surface area contributed by atoms with E-state index in [9.17, 15) is 4.79 Å². The fourth-order valence-electron chi connectivity index (χ4n) is 1.93. The molecule has 2 rings (SSSR count). The van der Waals surface area contributed by atoms with Gasteiger partial charge in [-0.25, -0.2) is 4.79 Å². The fourth-order valence-corrected chi connectivity index (χ4v) is 1.93. The van der Waals surface area contributed by atoms with Crippen LogP contribution in [-0.2, 0) is 0 Å². The molecule has 3 nitrogen and oxygen atoms in total. The lowest BCUT2D eigenvalue weighted by atomic mass is 10.2. The average molecular weight is 232 g/mol. The monoisotopic (exact) mass is 232 g/mol. The lowest BCUT2D eigenvalue weighted by Crippen LogP contribution is -2.39. The molecule has 1 atom stereocenters. The minimum Gasteiger partial charge on any atom is -0.325 e. The summed E-state index contributed by atoms with van der Waals surface area (Å²) in [6.07, 6.45) is 2.51. The van der Waals surface area contributed by atoms with Crippen LogP contribution in [0.1, 0.15) is 25.3 Å². The summed E-state index contributed by atoms with van der Waals surface area (Å²) >= 11 is 0. The Bertz CT molecular complexity index is 395. The number of anilines is 1. The molecule has 1 unspecified atom stereocenters. The number of carbonyl (C=O) groups is 1. The molecule has 0 radical (unpaired) electrons. The predicted molar refractivity (Wildman–Crippen MR) is 70.1 cm³/mol. The Hall–Kier alpha value is -1.51. The van der Waals surface area contributed by atoms with E-state index in [2.05, 4.69) is 12.2 Å². The third-order valence-electron chi connectivity index (χ3n) is 3.54. The number of hydrogen-bond acceptors (Lipinski definition) is 1. The average Bonchev–Trinajstić information content (AvgIpc) is 3.14. The summed E-state index contributed by atoms with van der Waals surface area (Å²) in [6, 6.07) is 8.18. The summed E-state index contributed by atoms with van der Waals surface area (Å²) in [4.78, 5) is 13.8. The van der Waals surface area contributed by atoms with Gasteiger partial charge in [-0.15, -0.1) is 0 Å². The van der Waals surface area contributed by atoms with Crippen molar-refractivity contribution in [2.24, 2.45) is 5.92 Å². The number of benzene rings is 1. The number of aryl methyl sites for hydroxylation is 1. The largest absolute Gasteiger partial charge is 0.325 e. The molecular weight excluding hydrogens is 212 g/mol.